The lowest BCUT2D eigenvalue weighted by Crippen LogP contribution is -2.35. The fourth-order valence-corrected chi connectivity index (χ4v) is 1.66. The van der Waals surface area contributed by atoms with E-state index in [1.807, 2.05) is 12.1 Å². The minimum absolute atomic E-state index is 0.0500. The van der Waals surface area contributed by atoms with E-state index in [0.717, 1.165) is 5.69 Å². The van der Waals surface area contributed by atoms with Crippen molar-refractivity contribution < 1.29 is 4.74 Å². The highest BCUT2D eigenvalue weighted by atomic mass is 35.5. The van der Waals surface area contributed by atoms with Crippen molar-refractivity contribution in [3.05, 3.63) is 47.4 Å². The zero-order chi connectivity index (χ0) is 14.6. The largest absolute Gasteiger partial charge is 0.436 e. The van der Waals surface area contributed by atoms with Crippen LogP contribution in [0.3, 0.4) is 0 Å². The molecule has 0 spiro atoms. The third-order valence-electron chi connectivity index (χ3n) is 2.53. The maximum absolute atomic E-state index is 6.02. The Morgan fingerprint density at radius 2 is 1.90 bits per heavy atom. The van der Waals surface area contributed by atoms with E-state index in [4.69, 9.17) is 16.3 Å². The molecule has 2 rings (SSSR count). The quantitative estimate of drug-likeness (QED) is 0.930. The van der Waals surface area contributed by atoms with E-state index in [0.29, 0.717) is 23.2 Å². The first-order valence-electron chi connectivity index (χ1n) is 6.42. The minimum atomic E-state index is 0.0500. The molecule has 0 atom stereocenters. The number of halogens is 1. The van der Waals surface area contributed by atoms with Crippen LogP contribution in [0.1, 0.15) is 26.5 Å². The summed E-state index contributed by atoms with van der Waals surface area (Å²) < 4.78 is 5.58. The Morgan fingerprint density at radius 1 is 1.15 bits per heavy atom. The fraction of sp³-hybridized carbons (Fsp3) is 0.333. The monoisotopic (exact) mass is 291 g/mol. The van der Waals surface area contributed by atoms with Crippen molar-refractivity contribution in [1.82, 2.24) is 15.3 Å². The highest BCUT2D eigenvalue weighted by molar-refractivity contribution is 6.32. The van der Waals surface area contributed by atoms with Crippen molar-refractivity contribution in [1.29, 1.82) is 0 Å². The Hall–Kier alpha value is -1.65. The van der Waals surface area contributed by atoms with Gasteiger partial charge in [0.1, 0.15) is 5.75 Å². The summed E-state index contributed by atoms with van der Waals surface area (Å²) in [5.74, 6) is 1.00. The number of ether oxygens (including phenoxy) is 1. The molecule has 0 unspecified atom stereocenters. The van der Waals surface area contributed by atoms with Crippen LogP contribution in [0.4, 0.5) is 0 Å². The van der Waals surface area contributed by atoms with Crippen molar-refractivity contribution in [2.24, 2.45) is 0 Å². The van der Waals surface area contributed by atoms with Crippen LogP contribution in [0, 0.1) is 0 Å². The molecule has 1 aromatic heterocycles. The molecule has 0 radical (unpaired) electrons. The van der Waals surface area contributed by atoms with E-state index in [1.165, 1.54) is 0 Å². The van der Waals surface area contributed by atoms with Crippen molar-refractivity contribution >= 4 is 11.6 Å². The Labute approximate surface area is 124 Å². The van der Waals surface area contributed by atoms with Gasteiger partial charge in [-0.15, -0.1) is 0 Å². The van der Waals surface area contributed by atoms with Gasteiger partial charge in [0.2, 0.25) is 5.88 Å². The van der Waals surface area contributed by atoms with E-state index < -0.39 is 0 Å². The van der Waals surface area contributed by atoms with Crippen LogP contribution in [-0.4, -0.2) is 15.5 Å². The number of rotatable bonds is 4. The molecule has 0 aliphatic heterocycles. The summed E-state index contributed by atoms with van der Waals surface area (Å²) >= 11 is 6.02. The van der Waals surface area contributed by atoms with E-state index in [9.17, 15) is 0 Å². The average Bonchev–Trinajstić information content (AvgIpc) is 2.40. The molecular formula is C15H18ClN3O. The molecule has 0 amide bonds. The summed E-state index contributed by atoms with van der Waals surface area (Å²) in [6, 6.07) is 7.27. The van der Waals surface area contributed by atoms with Gasteiger partial charge in [-0.1, -0.05) is 23.7 Å². The summed E-state index contributed by atoms with van der Waals surface area (Å²) in [4.78, 5) is 8.55. The van der Waals surface area contributed by atoms with Gasteiger partial charge in [0, 0.05) is 12.1 Å². The average molecular weight is 292 g/mol. The van der Waals surface area contributed by atoms with Gasteiger partial charge in [-0.3, -0.25) is 4.98 Å². The zero-order valence-electron chi connectivity index (χ0n) is 11.9. The Kier molecular flexibility index (Phi) is 4.57. The summed E-state index contributed by atoms with van der Waals surface area (Å²) in [6.07, 6.45) is 3.30. The number of aromatic nitrogens is 2. The summed E-state index contributed by atoms with van der Waals surface area (Å²) in [7, 11) is 0. The van der Waals surface area contributed by atoms with Crippen LogP contribution in [0.5, 0.6) is 11.6 Å². The van der Waals surface area contributed by atoms with Crippen molar-refractivity contribution in [3.63, 3.8) is 0 Å². The van der Waals surface area contributed by atoms with Crippen LogP contribution in [-0.2, 0) is 6.54 Å². The molecule has 5 heteroatoms. The molecule has 0 fully saturated rings. The number of para-hydroxylation sites is 1. The van der Waals surface area contributed by atoms with Crippen LogP contribution in [0.15, 0.2) is 36.7 Å². The standard InChI is InChI=1S/C15H18ClN3O/c1-15(2,3)19-9-11-8-18-14(10-17-11)20-13-7-5-4-6-12(13)16/h4-8,10,19H,9H2,1-3H3. The lowest BCUT2D eigenvalue weighted by Gasteiger charge is -2.19. The maximum Gasteiger partial charge on any atom is 0.237 e. The number of hydrogen-bond donors (Lipinski definition) is 1. The number of nitrogens with zero attached hydrogens (tertiary/aromatic N) is 2. The fourth-order valence-electron chi connectivity index (χ4n) is 1.48. The topological polar surface area (TPSA) is 47.0 Å². The second kappa shape index (κ2) is 6.20. The van der Waals surface area contributed by atoms with Crippen LogP contribution in [0.2, 0.25) is 5.02 Å². The van der Waals surface area contributed by atoms with Gasteiger partial charge in [0.15, 0.2) is 0 Å². The smallest absolute Gasteiger partial charge is 0.237 e. The third kappa shape index (κ3) is 4.47. The van der Waals surface area contributed by atoms with E-state index in [-0.39, 0.29) is 5.54 Å². The predicted octanol–water partition coefficient (Wildman–Crippen LogP) is 3.81. The molecular weight excluding hydrogens is 274 g/mol. The highest BCUT2D eigenvalue weighted by Gasteiger charge is 2.09. The van der Waals surface area contributed by atoms with Gasteiger partial charge in [0.25, 0.3) is 0 Å². The van der Waals surface area contributed by atoms with Gasteiger partial charge >= 0.3 is 0 Å². The first-order chi connectivity index (χ1) is 9.44. The summed E-state index contributed by atoms with van der Waals surface area (Å²) in [6.45, 7) is 6.99. The summed E-state index contributed by atoms with van der Waals surface area (Å²) in [5, 5.41) is 3.90. The molecule has 2 aromatic rings. The third-order valence-corrected chi connectivity index (χ3v) is 2.84. The summed E-state index contributed by atoms with van der Waals surface area (Å²) in [5.41, 5.74) is 0.917. The Bertz CT molecular complexity index is 564. The molecule has 1 aromatic carbocycles. The van der Waals surface area contributed by atoms with Crippen LogP contribution < -0.4 is 10.1 Å². The molecule has 0 aliphatic rings. The second-order valence-corrected chi connectivity index (χ2v) is 5.89. The van der Waals surface area contributed by atoms with E-state index in [2.05, 4.69) is 36.1 Å². The van der Waals surface area contributed by atoms with Gasteiger partial charge in [-0.25, -0.2) is 4.98 Å². The van der Waals surface area contributed by atoms with Gasteiger partial charge in [0.05, 0.1) is 23.1 Å². The van der Waals surface area contributed by atoms with Crippen molar-refractivity contribution in [3.8, 4) is 11.6 Å². The molecule has 0 aliphatic carbocycles. The molecule has 0 saturated heterocycles. The number of nitrogens with one attached hydrogen (secondary N) is 1. The SMILES string of the molecule is CC(C)(C)NCc1cnc(Oc2ccccc2Cl)cn1. The van der Waals surface area contributed by atoms with Crippen molar-refractivity contribution in [2.75, 3.05) is 0 Å². The molecule has 1 N–H and O–H groups in total. The van der Waals surface area contributed by atoms with Gasteiger partial charge in [-0.05, 0) is 32.9 Å². The van der Waals surface area contributed by atoms with Gasteiger partial charge < -0.3 is 10.1 Å². The lowest BCUT2D eigenvalue weighted by atomic mass is 10.1. The van der Waals surface area contributed by atoms with Crippen molar-refractivity contribution in [2.45, 2.75) is 32.9 Å². The molecule has 20 heavy (non-hydrogen) atoms. The van der Waals surface area contributed by atoms with E-state index >= 15 is 0 Å². The number of hydrogen-bond acceptors (Lipinski definition) is 4. The lowest BCUT2D eigenvalue weighted by molar-refractivity contribution is 0.418. The van der Waals surface area contributed by atoms with Gasteiger partial charge in [-0.2, -0.15) is 0 Å². The molecule has 4 nitrogen and oxygen atoms in total. The van der Waals surface area contributed by atoms with Crippen LogP contribution >= 0.6 is 11.6 Å². The molecule has 0 bridgehead atoms. The zero-order valence-corrected chi connectivity index (χ0v) is 12.6. The van der Waals surface area contributed by atoms with E-state index in [1.54, 1.807) is 24.5 Å². The highest BCUT2D eigenvalue weighted by Crippen LogP contribution is 2.27. The number of benzene rings is 1. The molecule has 106 valence electrons. The molecule has 0 saturated carbocycles. The maximum atomic E-state index is 6.02. The van der Waals surface area contributed by atoms with Crippen LogP contribution in [0.25, 0.3) is 0 Å². The molecule has 1 heterocycles. The predicted molar refractivity (Wildman–Crippen MR) is 80.2 cm³/mol. The second-order valence-electron chi connectivity index (χ2n) is 5.48. The Balaban J connectivity index is 2.00. The Morgan fingerprint density at radius 3 is 2.50 bits per heavy atom. The normalized spacial score (nSPS) is 11.4. The minimum Gasteiger partial charge on any atom is -0.436 e. The first-order valence-corrected chi connectivity index (χ1v) is 6.80. The first kappa shape index (κ1) is 14.8.